The van der Waals surface area contributed by atoms with Crippen LogP contribution in [0.3, 0.4) is 0 Å². The van der Waals surface area contributed by atoms with E-state index in [4.69, 9.17) is 5.90 Å². The summed E-state index contributed by atoms with van der Waals surface area (Å²) in [6, 6.07) is 7.96. The van der Waals surface area contributed by atoms with Crippen LogP contribution >= 0.6 is 0 Å². The fourth-order valence-corrected chi connectivity index (χ4v) is 1.69. The van der Waals surface area contributed by atoms with Gasteiger partial charge in [-0.05, 0) is 12.0 Å². The maximum atomic E-state index is 11.2. The van der Waals surface area contributed by atoms with Crippen molar-refractivity contribution in [2.75, 3.05) is 0 Å². The maximum absolute atomic E-state index is 11.2. The zero-order valence-electron chi connectivity index (χ0n) is 8.33. The summed E-state index contributed by atoms with van der Waals surface area (Å²) in [6.07, 6.45) is 0.195. The summed E-state index contributed by atoms with van der Waals surface area (Å²) >= 11 is 0. The van der Waals surface area contributed by atoms with Crippen LogP contribution in [0, 0.1) is 0 Å². The molecule has 1 atom stereocenters. The molecule has 0 saturated carbocycles. The van der Waals surface area contributed by atoms with Gasteiger partial charge in [0.1, 0.15) is 6.04 Å². The lowest BCUT2D eigenvalue weighted by atomic mass is 10.1. The van der Waals surface area contributed by atoms with Crippen molar-refractivity contribution in [3.8, 4) is 0 Å². The summed E-state index contributed by atoms with van der Waals surface area (Å²) in [4.78, 5) is 15.2. The van der Waals surface area contributed by atoms with Gasteiger partial charge >= 0.3 is 5.97 Å². The van der Waals surface area contributed by atoms with Crippen LogP contribution in [0.25, 0.3) is 0 Å². The van der Waals surface area contributed by atoms with E-state index in [1.54, 1.807) is 24.3 Å². The zero-order chi connectivity index (χ0) is 12.0. The molecular formula is C9H12N2O4S. The molecule has 6 nitrogen and oxygen atoms in total. The van der Waals surface area contributed by atoms with E-state index in [1.807, 2.05) is 6.07 Å². The van der Waals surface area contributed by atoms with Crippen LogP contribution in [-0.2, 0) is 26.9 Å². The summed E-state index contributed by atoms with van der Waals surface area (Å²) < 4.78 is 23.1. The Morgan fingerprint density at radius 2 is 2.00 bits per heavy atom. The van der Waals surface area contributed by atoms with E-state index >= 15 is 0 Å². The topological polar surface area (TPSA) is 98.5 Å². The number of benzene rings is 1. The number of hydrogen-bond acceptors (Lipinski definition) is 5. The van der Waals surface area contributed by atoms with Gasteiger partial charge in [0, 0.05) is 0 Å². The minimum absolute atomic E-state index is 0.195. The molecule has 0 fully saturated rings. The molecule has 1 aromatic carbocycles. The molecule has 0 aromatic heterocycles. The van der Waals surface area contributed by atoms with E-state index < -0.39 is 22.9 Å². The summed E-state index contributed by atoms with van der Waals surface area (Å²) in [5.74, 6) is 3.90. The predicted molar refractivity (Wildman–Crippen MR) is 57.7 cm³/mol. The second-order valence-electron chi connectivity index (χ2n) is 3.07. The molecule has 0 saturated heterocycles. The van der Waals surface area contributed by atoms with Crippen molar-refractivity contribution >= 4 is 16.9 Å². The molecule has 0 bridgehead atoms. The van der Waals surface area contributed by atoms with Crippen LogP contribution in [0.4, 0.5) is 0 Å². The molecule has 0 unspecified atom stereocenters. The molecule has 1 rings (SSSR count). The molecule has 0 aliphatic rings. The van der Waals surface area contributed by atoms with E-state index in [0.29, 0.717) is 0 Å². The number of thiol groups is 1. The van der Waals surface area contributed by atoms with Crippen LogP contribution in [0.2, 0.25) is 0 Å². The standard InChI is InChI=1S/C9H12N2O4S/c10-15-9(12)8(11-16(13)14)6-7-4-2-1-3-5-7/h1-5,8,16H,6,10H2,(H,11,13,14)/t8-/m0/s1. The van der Waals surface area contributed by atoms with E-state index in [1.165, 1.54) is 0 Å². The van der Waals surface area contributed by atoms with Crippen LogP contribution < -0.4 is 10.6 Å². The highest BCUT2D eigenvalue weighted by atomic mass is 32.2. The van der Waals surface area contributed by atoms with Gasteiger partial charge in [0.25, 0.3) is 0 Å². The highest BCUT2D eigenvalue weighted by molar-refractivity contribution is 7.70. The van der Waals surface area contributed by atoms with Gasteiger partial charge in [-0.15, -0.1) is 0 Å². The monoisotopic (exact) mass is 244 g/mol. The third kappa shape index (κ3) is 3.97. The third-order valence-corrected chi connectivity index (χ3v) is 2.47. The number of nitrogens with two attached hydrogens (primary N) is 1. The lowest BCUT2D eigenvalue weighted by Gasteiger charge is -2.11. The first-order valence-electron chi connectivity index (χ1n) is 4.48. The zero-order valence-corrected chi connectivity index (χ0v) is 9.22. The second-order valence-corrected chi connectivity index (χ2v) is 3.84. The number of carbonyl (C=O) groups excluding carboxylic acids is 1. The van der Waals surface area contributed by atoms with Crippen molar-refractivity contribution in [3.63, 3.8) is 0 Å². The Morgan fingerprint density at radius 3 is 2.50 bits per heavy atom. The van der Waals surface area contributed by atoms with Gasteiger partial charge in [0.05, 0.1) is 0 Å². The lowest BCUT2D eigenvalue weighted by Crippen LogP contribution is -2.40. The van der Waals surface area contributed by atoms with Crippen LogP contribution in [0.5, 0.6) is 0 Å². The van der Waals surface area contributed by atoms with E-state index in [9.17, 15) is 13.2 Å². The summed E-state index contributed by atoms with van der Waals surface area (Å²) in [5.41, 5.74) is 0.808. The van der Waals surface area contributed by atoms with E-state index in [2.05, 4.69) is 9.56 Å². The Morgan fingerprint density at radius 1 is 1.38 bits per heavy atom. The minimum atomic E-state index is -2.88. The average molecular weight is 244 g/mol. The fourth-order valence-electron chi connectivity index (χ4n) is 1.24. The highest BCUT2D eigenvalue weighted by Gasteiger charge is 2.20. The number of hydrogen-bond donors (Lipinski definition) is 3. The smallest absolute Gasteiger partial charge is 0.342 e. The molecule has 0 radical (unpaired) electrons. The molecule has 3 N–H and O–H groups in total. The summed E-state index contributed by atoms with van der Waals surface area (Å²) in [6.45, 7) is 0. The molecule has 1 aromatic rings. The Kier molecular flexibility index (Phi) is 4.90. The summed E-state index contributed by atoms with van der Waals surface area (Å²) in [5, 5.41) is 0. The van der Waals surface area contributed by atoms with Gasteiger partial charge in [0.2, 0.25) is 10.9 Å². The molecule has 0 aliphatic heterocycles. The van der Waals surface area contributed by atoms with Gasteiger partial charge < -0.3 is 4.84 Å². The van der Waals surface area contributed by atoms with Crippen molar-refractivity contribution in [1.29, 1.82) is 0 Å². The van der Waals surface area contributed by atoms with Gasteiger partial charge in [-0.1, -0.05) is 30.3 Å². The largest absolute Gasteiger partial charge is 0.372 e. The van der Waals surface area contributed by atoms with Crippen molar-refractivity contribution < 1.29 is 18.0 Å². The molecule has 0 amide bonds. The van der Waals surface area contributed by atoms with E-state index in [-0.39, 0.29) is 6.42 Å². The Balaban J connectivity index is 2.74. The number of nitrogens with one attached hydrogen (secondary N) is 1. The van der Waals surface area contributed by atoms with Crippen molar-refractivity contribution in [3.05, 3.63) is 35.9 Å². The molecular weight excluding hydrogens is 232 g/mol. The quantitative estimate of drug-likeness (QED) is 0.462. The predicted octanol–water partition coefficient (Wildman–Crippen LogP) is -0.869. The summed E-state index contributed by atoms with van der Waals surface area (Å²) in [7, 11) is -2.88. The molecule has 0 heterocycles. The fraction of sp³-hybridized carbons (Fsp3) is 0.222. The Hall–Kier alpha value is -1.44. The van der Waals surface area contributed by atoms with Crippen LogP contribution in [-0.4, -0.2) is 20.4 Å². The normalized spacial score (nSPS) is 12.4. The molecule has 16 heavy (non-hydrogen) atoms. The van der Waals surface area contributed by atoms with Crippen LogP contribution in [0.1, 0.15) is 5.56 Å². The molecule has 0 spiro atoms. The third-order valence-electron chi connectivity index (χ3n) is 1.94. The van der Waals surface area contributed by atoms with Crippen molar-refractivity contribution in [1.82, 2.24) is 4.72 Å². The molecule has 7 heteroatoms. The number of carbonyl (C=O) groups is 1. The van der Waals surface area contributed by atoms with E-state index in [0.717, 1.165) is 5.56 Å². The Bertz CT molecular complexity index is 411. The van der Waals surface area contributed by atoms with Gasteiger partial charge in [0.15, 0.2) is 0 Å². The SMILES string of the molecule is NOC(=O)[C@H](Cc1ccccc1)N[SH](=O)=O. The van der Waals surface area contributed by atoms with Gasteiger partial charge in [-0.2, -0.15) is 5.90 Å². The highest BCUT2D eigenvalue weighted by Crippen LogP contribution is 2.03. The first-order valence-corrected chi connectivity index (χ1v) is 5.66. The second kappa shape index (κ2) is 6.21. The first-order chi connectivity index (χ1) is 7.63. The average Bonchev–Trinajstić information content (AvgIpc) is 2.28. The minimum Gasteiger partial charge on any atom is -0.372 e. The number of rotatable bonds is 5. The lowest BCUT2D eigenvalue weighted by molar-refractivity contribution is -0.146. The molecule has 88 valence electrons. The van der Waals surface area contributed by atoms with Crippen molar-refractivity contribution in [2.24, 2.45) is 5.90 Å². The Labute approximate surface area is 94.4 Å². The van der Waals surface area contributed by atoms with Crippen LogP contribution in [0.15, 0.2) is 30.3 Å². The van der Waals surface area contributed by atoms with Crippen molar-refractivity contribution in [2.45, 2.75) is 12.5 Å². The van der Waals surface area contributed by atoms with Gasteiger partial charge in [-0.3, -0.25) is 0 Å². The maximum Gasteiger partial charge on any atom is 0.342 e. The first kappa shape index (κ1) is 12.6. The molecule has 0 aliphatic carbocycles. The van der Waals surface area contributed by atoms with Gasteiger partial charge in [-0.25, -0.2) is 17.9 Å².